The van der Waals surface area contributed by atoms with E-state index in [0.717, 1.165) is 16.9 Å². The molecular formula is C19H14ClFN2O4S. The van der Waals surface area contributed by atoms with E-state index in [-0.39, 0.29) is 16.4 Å². The number of hydrogen-bond donors (Lipinski definition) is 2. The maximum Gasteiger partial charge on any atom is 0.350 e. The van der Waals surface area contributed by atoms with Crippen LogP contribution < -0.4 is 10.6 Å². The van der Waals surface area contributed by atoms with Gasteiger partial charge in [0.1, 0.15) is 10.7 Å². The fourth-order valence-electron chi connectivity index (χ4n) is 2.35. The standard InChI is InChI=1S/C19H14ClFN2O4S/c20-16-13-7-6-12(21)8-14(13)28-17(16)18(25)27-10-15(24)23-19(26)22-9-11-4-2-1-3-5-11/h1-8H,9-10H2,(H2,22,23,24,26). The molecule has 0 saturated carbocycles. The predicted molar refractivity (Wildman–Crippen MR) is 104 cm³/mol. The molecule has 6 nitrogen and oxygen atoms in total. The molecule has 0 spiro atoms. The minimum Gasteiger partial charge on any atom is -0.451 e. The molecule has 0 aliphatic heterocycles. The molecule has 9 heteroatoms. The van der Waals surface area contributed by atoms with E-state index in [1.807, 2.05) is 30.3 Å². The molecule has 0 aliphatic carbocycles. The van der Waals surface area contributed by atoms with Gasteiger partial charge in [-0.15, -0.1) is 11.3 Å². The van der Waals surface area contributed by atoms with Crippen LogP contribution in [0, 0.1) is 5.82 Å². The van der Waals surface area contributed by atoms with Crippen molar-refractivity contribution >= 4 is 50.9 Å². The van der Waals surface area contributed by atoms with Gasteiger partial charge in [-0.3, -0.25) is 10.1 Å². The lowest BCUT2D eigenvalue weighted by Crippen LogP contribution is -2.41. The van der Waals surface area contributed by atoms with Crippen LogP contribution in [0.5, 0.6) is 0 Å². The molecule has 3 rings (SSSR count). The van der Waals surface area contributed by atoms with Crippen LogP contribution in [0.1, 0.15) is 15.2 Å². The molecule has 1 heterocycles. The molecule has 1 aromatic heterocycles. The van der Waals surface area contributed by atoms with E-state index in [2.05, 4.69) is 10.6 Å². The predicted octanol–water partition coefficient (Wildman–Crippen LogP) is 3.88. The molecule has 0 aliphatic rings. The van der Waals surface area contributed by atoms with Crippen molar-refractivity contribution in [3.05, 3.63) is 69.8 Å². The molecule has 0 bridgehead atoms. The van der Waals surface area contributed by atoms with Crippen molar-refractivity contribution in [1.82, 2.24) is 10.6 Å². The molecule has 0 radical (unpaired) electrons. The third-order valence-electron chi connectivity index (χ3n) is 3.66. The molecule has 0 atom stereocenters. The Kier molecular flexibility index (Phi) is 6.23. The number of carbonyl (C=O) groups excluding carboxylic acids is 3. The van der Waals surface area contributed by atoms with Gasteiger partial charge in [0.2, 0.25) is 0 Å². The number of thiophene rings is 1. The SMILES string of the molecule is O=C(COC(=O)c1sc2cc(F)ccc2c1Cl)NC(=O)NCc1ccccc1. The molecule has 144 valence electrons. The number of fused-ring (bicyclic) bond motifs is 1. The zero-order valence-electron chi connectivity index (χ0n) is 14.3. The van der Waals surface area contributed by atoms with E-state index in [4.69, 9.17) is 16.3 Å². The van der Waals surface area contributed by atoms with Crippen LogP contribution in [0.25, 0.3) is 10.1 Å². The van der Waals surface area contributed by atoms with Gasteiger partial charge in [-0.2, -0.15) is 0 Å². The first kappa shape index (κ1) is 19.8. The van der Waals surface area contributed by atoms with Gasteiger partial charge < -0.3 is 10.1 Å². The Balaban J connectivity index is 1.51. The highest BCUT2D eigenvalue weighted by atomic mass is 35.5. The number of urea groups is 1. The van der Waals surface area contributed by atoms with Crippen LogP contribution in [-0.4, -0.2) is 24.5 Å². The molecular weight excluding hydrogens is 407 g/mol. The molecule has 0 saturated heterocycles. The molecule has 3 aromatic rings. The summed E-state index contributed by atoms with van der Waals surface area (Å²) in [5.41, 5.74) is 0.868. The van der Waals surface area contributed by atoms with Crippen LogP contribution in [0.4, 0.5) is 9.18 Å². The van der Waals surface area contributed by atoms with Gasteiger partial charge in [0.15, 0.2) is 6.61 Å². The van der Waals surface area contributed by atoms with Crippen LogP contribution >= 0.6 is 22.9 Å². The minimum absolute atomic E-state index is 0.0589. The van der Waals surface area contributed by atoms with Crippen LogP contribution in [-0.2, 0) is 16.1 Å². The summed E-state index contributed by atoms with van der Waals surface area (Å²) in [6, 6.07) is 12.4. The number of ether oxygens (including phenoxy) is 1. The lowest BCUT2D eigenvalue weighted by Gasteiger charge is -2.07. The Labute approximate surface area is 168 Å². The Hall–Kier alpha value is -2.97. The topological polar surface area (TPSA) is 84.5 Å². The highest BCUT2D eigenvalue weighted by Crippen LogP contribution is 2.36. The van der Waals surface area contributed by atoms with E-state index >= 15 is 0 Å². The molecule has 28 heavy (non-hydrogen) atoms. The Morgan fingerprint density at radius 3 is 2.61 bits per heavy atom. The summed E-state index contributed by atoms with van der Waals surface area (Å²) in [4.78, 5) is 35.7. The maximum atomic E-state index is 13.3. The third kappa shape index (κ3) is 4.85. The lowest BCUT2D eigenvalue weighted by molar-refractivity contribution is -0.123. The van der Waals surface area contributed by atoms with Gasteiger partial charge in [0, 0.05) is 16.6 Å². The number of benzene rings is 2. The smallest absolute Gasteiger partial charge is 0.350 e. The number of amides is 3. The number of halogens is 2. The number of rotatable bonds is 5. The van der Waals surface area contributed by atoms with E-state index in [0.29, 0.717) is 10.1 Å². The van der Waals surface area contributed by atoms with Gasteiger partial charge in [-0.05, 0) is 23.8 Å². The Morgan fingerprint density at radius 2 is 1.86 bits per heavy atom. The largest absolute Gasteiger partial charge is 0.451 e. The van der Waals surface area contributed by atoms with Crippen LogP contribution in [0.15, 0.2) is 48.5 Å². The van der Waals surface area contributed by atoms with Crippen molar-refractivity contribution < 1.29 is 23.5 Å². The minimum atomic E-state index is -0.827. The number of esters is 1. The van der Waals surface area contributed by atoms with E-state index in [1.54, 1.807) is 0 Å². The average molecular weight is 421 g/mol. The van der Waals surface area contributed by atoms with Crippen molar-refractivity contribution in [2.75, 3.05) is 6.61 Å². The summed E-state index contributed by atoms with van der Waals surface area (Å²) in [6.45, 7) is -0.412. The lowest BCUT2D eigenvalue weighted by atomic mass is 10.2. The first-order chi connectivity index (χ1) is 13.4. The average Bonchev–Trinajstić information content (AvgIpc) is 3.01. The first-order valence-corrected chi connectivity index (χ1v) is 9.30. The van der Waals surface area contributed by atoms with Gasteiger partial charge in [-0.25, -0.2) is 14.0 Å². The first-order valence-electron chi connectivity index (χ1n) is 8.10. The Bertz CT molecular complexity index is 1040. The number of imide groups is 1. The number of hydrogen-bond acceptors (Lipinski definition) is 5. The molecule has 3 amide bonds. The summed E-state index contributed by atoms with van der Waals surface area (Å²) in [5, 5.41) is 5.22. The maximum absolute atomic E-state index is 13.3. The van der Waals surface area contributed by atoms with Crippen molar-refractivity contribution in [3.8, 4) is 0 Å². The summed E-state index contributed by atoms with van der Waals surface area (Å²) >= 11 is 7.09. The molecule has 0 fully saturated rings. The normalized spacial score (nSPS) is 10.5. The van der Waals surface area contributed by atoms with E-state index in [1.165, 1.54) is 18.2 Å². The van der Waals surface area contributed by atoms with E-state index < -0.39 is 30.3 Å². The Morgan fingerprint density at radius 1 is 1.11 bits per heavy atom. The van der Waals surface area contributed by atoms with Crippen molar-refractivity contribution in [3.63, 3.8) is 0 Å². The fourth-order valence-corrected chi connectivity index (χ4v) is 3.78. The molecule has 2 N–H and O–H groups in total. The monoisotopic (exact) mass is 420 g/mol. The quantitative estimate of drug-likeness (QED) is 0.613. The summed E-state index contributed by atoms with van der Waals surface area (Å²) in [5.74, 6) is -2.07. The second-order valence-electron chi connectivity index (χ2n) is 5.68. The highest BCUT2D eigenvalue weighted by Gasteiger charge is 2.20. The van der Waals surface area contributed by atoms with Gasteiger partial charge in [0.05, 0.1) is 5.02 Å². The molecule has 0 unspecified atom stereocenters. The second-order valence-corrected chi connectivity index (χ2v) is 7.11. The molecule has 2 aromatic carbocycles. The van der Waals surface area contributed by atoms with E-state index in [9.17, 15) is 18.8 Å². The van der Waals surface area contributed by atoms with Gasteiger partial charge in [-0.1, -0.05) is 41.9 Å². The summed E-state index contributed by atoms with van der Waals surface area (Å²) in [7, 11) is 0. The van der Waals surface area contributed by atoms with Gasteiger partial charge >= 0.3 is 12.0 Å². The van der Waals surface area contributed by atoms with Crippen molar-refractivity contribution in [2.45, 2.75) is 6.54 Å². The third-order valence-corrected chi connectivity index (χ3v) is 5.30. The van der Waals surface area contributed by atoms with Crippen molar-refractivity contribution in [1.29, 1.82) is 0 Å². The van der Waals surface area contributed by atoms with Crippen LogP contribution in [0.2, 0.25) is 5.02 Å². The fraction of sp³-hybridized carbons (Fsp3) is 0.105. The number of carbonyl (C=O) groups is 3. The zero-order chi connectivity index (χ0) is 20.1. The summed E-state index contributed by atoms with van der Waals surface area (Å²) < 4.78 is 18.7. The number of nitrogens with one attached hydrogen (secondary N) is 2. The van der Waals surface area contributed by atoms with Crippen LogP contribution in [0.3, 0.4) is 0 Å². The second kappa shape index (κ2) is 8.81. The zero-order valence-corrected chi connectivity index (χ0v) is 15.9. The van der Waals surface area contributed by atoms with Crippen molar-refractivity contribution in [2.24, 2.45) is 0 Å². The summed E-state index contributed by atoms with van der Waals surface area (Å²) in [6.07, 6.45) is 0. The highest BCUT2D eigenvalue weighted by molar-refractivity contribution is 7.21. The van der Waals surface area contributed by atoms with Gasteiger partial charge in [0.25, 0.3) is 5.91 Å².